The van der Waals surface area contributed by atoms with Crippen LogP contribution in [0.1, 0.15) is 44.7 Å². The Morgan fingerprint density at radius 1 is 1.32 bits per heavy atom. The van der Waals surface area contributed by atoms with Crippen molar-refractivity contribution in [3.05, 3.63) is 35.4 Å². The lowest BCUT2D eigenvalue weighted by Crippen LogP contribution is -2.38. The van der Waals surface area contributed by atoms with Gasteiger partial charge in [0.2, 0.25) is 0 Å². The molecule has 0 bridgehead atoms. The van der Waals surface area contributed by atoms with Gasteiger partial charge in [0.25, 0.3) is 6.43 Å². The summed E-state index contributed by atoms with van der Waals surface area (Å²) in [7, 11) is 0. The normalized spacial score (nSPS) is 14.9. The predicted molar refractivity (Wildman–Crippen MR) is 73.2 cm³/mol. The van der Waals surface area contributed by atoms with E-state index < -0.39 is 12.0 Å². The van der Waals surface area contributed by atoms with E-state index in [-0.39, 0.29) is 5.56 Å². The summed E-state index contributed by atoms with van der Waals surface area (Å²) in [6, 6.07) is 6.35. The Hall–Kier alpha value is -1.00. The van der Waals surface area contributed by atoms with Crippen LogP contribution in [-0.4, -0.2) is 17.3 Å². The molecule has 1 aromatic rings. The molecule has 0 saturated carbocycles. The molecule has 4 heteroatoms. The lowest BCUT2D eigenvalue weighted by molar-refractivity contribution is 0.0383. The largest absolute Gasteiger partial charge is 0.389 e. The van der Waals surface area contributed by atoms with Gasteiger partial charge in [-0.25, -0.2) is 8.78 Å². The molecule has 108 valence electrons. The van der Waals surface area contributed by atoms with E-state index >= 15 is 0 Å². The Kier molecular flexibility index (Phi) is 5.88. The second kappa shape index (κ2) is 6.96. The quantitative estimate of drug-likeness (QED) is 0.795. The van der Waals surface area contributed by atoms with Gasteiger partial charge in [-0.15, -0.1) is 0 Å². The fraction of sp³-hybridized carbons (Fsp3) is 0.600. The van der Waals surface area contributed by atoms with Gasteiger partial charge >= 0.3 is 0 Å². The minimum absolute atomic E-state index is 0.0354. The van der Waals surface area contributed by atoms with Gasteiger partial charge in [0.15, 0.2) is 0 Å². The van der Waals surface area contributed by atoms with Gasteiger partial charge in [-0.2, -0.15) is 0 Å². The van der Waals surface area contributed by atoms with Crippen LogP contribution in [0.25, 0.3) is 0 Å². The Balaban J connectivity index is 2.47. The van der Waals surface area contributed by atoms with E-state index in [0.717, 1.165) is 5.56 Å². The number of nitrogens with one attached hydrogen (secondary N) is 1. The van der Waals surface area contributed by atoms with E-state index in [1.165, 1.54) is 12.1 Å². The number of aliphatic hydroxyl groups is 1. The highest BCUT2D eigenvalue weighted by Gasteiger charge is 2.21. The molecule has 0 aliphatic carbocycles. The van der Waals surface area contributed by atoms with Crippen LogP contribution in [0, 0.1) is 5.92 Å². The predicted octanol–water partition coefficient (Wildman–Crippen LogP) is 3.51. The van der Waals surface area contributed by atoms with Crippen LogP contribution >= 0.6 is 0 Å². The van der Waals surface area contributed by atoms with Crippen molar-refractivity contribution >= 4 is 0 Å². The summed E-state index contributed by atoms with van der Waals surface area (Å²) in [5.41, 5.74) is 0.0699. The lowest BCUT2D eigenvalue weighted by atomic mass is 9.94. The zero-order valence-electron chi connectivity index (χ0n) is 11.8. The van der Waals surface area contributed by atoms with E-state index in [1.54, 1.807) is 19.1 Å². The number of rotatable bonds is 7. The number of alkyl halides is 2. The van der Waals surface area contributed by atoms with E-state index in [2.05, 4.69) is 19.2 Å². The van der Waals surface area contributed by atoms with Gasteiger partial charge in [-0.3, -0.25) is 0 Å². The van der Waals surface area contributed by atoms with Gasteiger partial charge in [0.1, 0.15) is 0 Å². The molecule has 2 nitrogen and oxygen atoms in total. The number of hydrogen-bond acceptors (Lipinski definition) is 2. The Bertz CT molecular complexity index is 391. The zero-order valence-corrected chi connectivity index (χ0v) is 11.8. The first-order valence-corrected chi connectivity index (χ1v) is 6.60. The molecule has 0 aromatic heterocycles. The monoisotopic (exact) mass is 271 g/mol. The third-order valence-corrected chi connectivity index (χ3v) is 2.89. The SMILES string of the molecule is CC(C)CC(C)(O)CNCc1cccc(C(F)F)c1. The molecule has 0 amide bonds. The highest BCUT2D eigenvalue weighted by atomic mass is 19.3. The Morgan fingerprint density at radius 2 is 2.00 bits per heavy atom. The molecule has 1 unspecified atom stereocenters. The van der Waals surface area contributed by atoms with Crippen molar-refractivity contribution in [1.29, 1.82) is 0 Å². The van der Waals surface area contributed by atoms with Crippen molar-refractivity contribution in [2.24, 2.45) is 5.92 Å². The third kappa shape index (κ3) is 6.12. The molecule has 0 heterocycles. The first-order chi connectivity index (χ1) is 8.80. The summed E-state index contributed by atoms with van der Waals surface area (Å²) >= 11 is 0. The summed E-state index contributed by atoms with van der Waals surface area (Å²) < 4.78 is 25.1. The van der Waals surface area contributed by atoms with E-state index in [4.69, 9.17) is 0 Å². The Labute approximate surface area is 113 Å². The van der Waals surface area contributed by atoms with Gasteiger partial charge in [-0.1, -0.05) is 32.0 Å². The second-order valence-corrected chi connectivity index (χ2v) is 5.74. The molecule has 0 saturated heterocycles. The summed E-state index contributed by atoms with van der Waals surface area (Å²) in [6.45, 7) is 6.83. The molecule has 0 aliphatic heterocycles. The van der Waals surface area contributed by atoms with E-state index in [0.29, 0.717) is 25.4 Å². The average Bonchev–Trinajstić information content (AvgIpc) is 2.27. The van der Waals surface area contributed by atoms with Crippen LogP contribution in [0.3, 0.4) is 0 Å². The number of halogens is 2. The van der Waals surface area contributed by atoms with Crippen molar-refractivity contribution in [1.82, 2.24) is 5.32 Å². The minimum Gasteiger partial charge on any atom is -0.389 e. The van der Waals surface area contributed by atoms with Crippen molar-refractivity contribution < 1.29 is 13.9 Å². The highest BCUT2D eigenvalue weighted by molar-refractivity contribution is 5.24. The fourth-order valence-electron chi connectivity index (χ4n) is 2.27. The molecule has 1 aromatic carbocycles. The molecule has 1 atom stereocenters. The fourth-order valence-corrected chi connectivity index (χ4v) is 2.27. The van der Waals surface area contributed by atoms with Gasteiger partial charge in [0, 0.05) is 18.7 Å². The molecule has 0 radical (unpaired) electrons. The third-order valence-electron chi connectivity index (χ3n) is 2.89. The number of benzene rings is 1. The Morgan fingerprint density at radius 3 is 2.58 bits per heavy atom. The van der Waals surface area contributed by atoms with Crippen molar-refractivity contribution in [2.75, 3.05) is 6.54 Å². The molecular weight excluding hydrogens is 248 g/mol. The van der Waals surface area contributed by atoms with Crippen molar-refractivity contribution in [3.8, 4) is 0 Å². The van der Waals surface area contributed by atoms with Gasteiger partial charge in [0.05, 0.1) is 5.60 Å². The smallest absolute Gasteiger partial charge is 0.263 e. The van der Waals surface area contributed by atoms with Gasteiger partial charge < -0.3 is 10.4 Å². The van der Waals surface area contributed by atoms with E-state index in [9.17, 15) is 13.9 Å². The van der Waals surface area contributed by atoms with Crippen molar-refractivity contribution in [3.63, 3.8) is 0 Å². The summed E-state index contributed by atoms with van der Waals surface area (Å²) in [5, 5.41) is 13.2. The van der Waals surface area contributed by atoms with Crippen LogP contribution < -0.4 is 5.32 Å². The zero-order chi connectivity index (χ0) is 14.5. The van der Waals surface area contributed by atoms with Crippen molar-refractivity contribution in [2.45, 2.75) is 45.8 Å². The van der Waals surface area contributed by atoms with Gasteiger partial charge in [-0.05, 0) is 30.9 Å². The highest BCUT2D eigenvalue weighted by Crippen LogP contribution is 2.19. The second-order valence-electron chi connectivity index (χ2n) is 5.74. The summed E-state index contributed by atoms with van der Waals surface area (Å²) in [6.07, 6.45) is -1.74. The molecule has 0 spiro atoms. The maximum Gasteiger partial charge on any atom is 0.263 e. The molecular formula is C15H23F2NO. The molecule has 2 N–H and O–H groups in total. The molecule has 0 fully saturated rings. The first kappa shape index (κ1) is 16.1. The van der Waals surface area contributed by atoms with Crippen LogP contribution in [0.2, 0.25) is 0 Å². The first-order valence-electron chi connectivity index (χ1n) is 6.60. The minimum atomic E-state index is -2.44. The maximum absolute atomic E-state index is 12.5. The van der Waals surface area contributed by atoms with Crippen LogP contribution in [-0.2, 0) is 6.54 Å². The average molecular weight is 271 g/mol. The summed E-state index contributed by atoms with van der Waals surface area (Å²) in [5.74, 6) is 0.416. The van der Waals surface area contributed by atoms with Crippen LogP contribution in [0.4, 0.5) is 8.78 Å². The molecule has 0 aliphatic rings. The topological polar surface area (TPSA) is 32.3 Å². The van der Waals surface area contributed by atoms with E-state index in [1.807, 2.05) is 0 Å². The number of hydrogen-bond donors (Lipinski definition) is 2. The molecule has 19 heavy (non-hydrogen) atoms. The standard InChI is InChI=1S/C15H23F2NO/c1-11(2)8-15(3,19)10-18-9-12-5-4-6-13(7-12)14(16)17/h4-7,11,14,18-19H,8-10H2,1-3H3. The van der Waals surface area contributed by atoms with Crippen LogP contribution in [0.15, 0.2) is 24.3 Å². The van der Waals surface area contributed by atoms with Crippen LogP contribution in [0.5, 0.6) is 0 Å². The molecule has 1 rings (SSSR count). The summed E-state index contributed by atoms with van der Waals surface area (Å²) in [4.78, 5) is 0. The lowest BCUT2D eigenvalue weighted by Gasteiger charge is -2.25. The maximum atomic E-state index is 12.5.